The van der Waals surface area contributed by atoms with Crippen LogP contribution in [0.15, 0.2) is 24.3 Å². The number of nitrogens with zero attached hydrogens (tertiary/aromatic N) is 1. The van der Waals surface area contributed by atoms with Crippen LogP contribution in [-0.2, 0) is 5.41 Å². The Morgan fingerprint density at radius 2 is 1.45 bits per heavy atom. The summed E-state index contributed by atoms with van der Waals surface area (Å²) in [6.07, 6.45) is 3.11. The third-order valence-corrected chi connectivity index (χ3v) is 2.21. The topological polar surface area (TPSA) is 119 Å². The normalized spacial score (nSPS) is 7.95. The van der Waals surface area contributed by atoms with Crippen LogP contribution in [0.25, 0.3) is 0 Å². The Labute approximate surface area is 129 Å². The summed E-state index contributed by atoms with van der Waals surface area (Å²) in [6.45, 7) is 5.90. The first-order valence-corrected chi connectivity index (χ1v) is 5.86. The van der Waals surface area contributed by atoms with Gasteiger partial charge < -0.3 is 16.4 Å². The van der Waals surface area contributed by atoms with Crippen molar-refractivity contribution in [1.29, 1.82) is 0 Å². The van der Waals surface area contributed by atoms with Gasteiger partial charge in [0.25, 0.3) is 5.69 Å². The van der Waals surface area contributed by atoms with E-state index in [1.54, 1.807) is 30.4 Å². The SMILES string of the molecule is CC(C)(C)c1ccccc1[N+](=O)[O-].N.OC#CC#CC#CO. The third kappa shape index (κ3) is 8.12. The van der Waals surface area contributed by atoms with Crippen LogP contribution in [0.1, 0.15) is 26.3 Å². The van der Waals surface area contributed by atoms with Gasteiger partial charge in [-0.15, -0.1) is 0 Å². The van der Waals surface area contributed by atoms with Crippen molar-refractivity contribution in [3.05, 3.63) is 39.9 Å². The van der Waals surface area contributed by atoms with Crippen molar-refractivity contribution in [3.8, 4) is 35.9 Å². The number of hydrogen-bond acceptors (Lipinski definition) is 5. The van der Waals surface area contributed by atoms with Crippen molar-refractivity contribution >= 4 is 5.69 Å². The zero-order valence-electron chi connectivity index (χ0n) is 12.7. The number of para-hydroxylation sites is 1. The number of aliphatic hydroxyl groups excluding tert-OH is 2. The molecule has 1 aromatic carbocycles. The number of aliphatic hydroxyl groups is 2. The third-order valence-electron chi connectivity index (χ3n) is 2.21. The Balaban J connectivity index is 0. The quantitative estimate of drug-likeness (QED) is 0.418. The minimum atomic E-state index is -0.333. The van der Waals surface area contributed by atoms with Crippen molar-refractivity contribution in [2.24, 2.45) is 0 Å². The van der Waals surface area contributed by atoms with Gasteiger partial charge in [0.05, 0.1) is 4.92 Å². The summed E-state index contributed by atoms with van der Waals surface area (Å²) in [6, 6.07) is 6.86. The highest BCUT2D eigenvalue weighted by Crippen LogP contribution is 2.30. The molecule has 1 rings (SSSR count). The van der Waals surface area contributed by atoms with E-state index in [0.717, 1.165) is 5.56 Å². The van der Waals surface area contributed by atoms with Gasteiger partial charge in [0, 0.05) is 35.3 Å². The van der Waals surface area contributed by atoms with Gasteiger partial charge in [0.15, 0.2) is 0 Å². The molecule has 0 aliphatic heterocycles. The molecule has 6 nitrogen and oxygen atoms in total. The van der Waals surface area contributed by atoms with Crippen LogP contribution >= 0.6 is 0 Å². The van der Waals surface area contributed by atoms with Gasteiger partial charge in [-0.05, 0) is 5.41 Å². The summed E-state index contributed by atoms with van der Waals surface area (Å²) in [5.41, 5.74) is 0.805. The molecule has 0 atom stereocenters. The Kier molecular flexibility index (Phi) is 10.2. The summed E-state index contributed by atoms with van der Waals surface area (Å²) < 4.78 is 0. The van der Waals surface area contributed by atoms with E-state index in [2.05, 4.69) is 11.8 Å². The molecule has 0 heterocycles. The molecule has 0 aliphatic carbocycles. The van der Waals surface area contributed by atoms with Crippen LogP contribution in [0.3, 0.4) is 0 Å². The number of rotatable bonds is 1. The zero-order valence-corrected chi connectivity index (χ0v) is 12.7. The predicted octanol–water partition coefficient (Wildman–Crippen LogP) is 2.71. The van der Waals surface area contributed by atoms with E-state index in [4.69, 9.17) is 10.2 Å². The fourth-order valence-electron chi connectivity index (χ4n) is 1.39. The van der Waals surface area contributed by atoms with Crippen LogP contribution in [0.2, 0.25) is 0 Å². The van der Waals surface area contributed by atoms with Crippen molar-refractivity contribution in [2.75, 3.05) is 0 Å². The molecule has 6 heteroatoms. The lowest BCUT2D eigenvalue weighted by Crippen LogP contribution is -2.13. The highest BCUT2D eigenvalue weighted by molar-refractivity contribution is 5.43. The van der Waals surface area contributed by atoms with E-state index in [0.29, 0.717) is 0 Å². The first-order valence-electron chi connectivity index (χ1n) is 5.86. The summed E-state index contributed by atoms with van der Waals surface area (Å²) in [7, 11) is 0. The molecule has 0 fully saturated rings. The van der Waals surface area contributed by atoms with E-state index in [1.807, 2.05) is 38.7 Å². The average molecular weight is 302 g/mol. The molecule has 0 spiro atoms. The molecule has 0 amide bonds. The van der Waals surface area contributed by atoms with E-state index in [-0.39, 0.29) is 22.2 Å². The standard InChI is InChI=1S/C10H13NO2.C6H2O2.H3N/c1-10(2,3)8-6-4-5-7-9(8)11(12)13;7-5-3-1-2-4-6-8;/h4-7H,1-3H3;7-8H;1H3. The van der Waals surface area contributed by atoms with Crippen molar-refractivity contribution in [1.82, 2.24) is 6.15 Å². The largest absolute Gasteiger partial charge is 0.461 e. The second kappa shape index (κ2) is 10.6. The molecule has 0 aromatic heterocycles. The van der Waals surface area contributed by atoms with Crippen LogP contribution in [0.5, 0.6) is 0 Å². The van der Waals surface area contributed by atoms with Crippen LogP contribution in [0, 0.1) is 46.0 Å². The maximum Gasteiger partial charge on any atom is 0.273 e. The van der Waals surface area contributed by atoms with Gasteiger partial charge in [-0.2, -0.15) is 0 Å². The number of hydrogen-bond donors (Lipinski definition) is 3. The van der Waals surface area contributed by atoms with Gasteiger partial charge in [-0.1, -0.05) is 39.0 Å². The summed E-state index contributed by atoms with van der Waals surface area (Å²) >= 11 is 0. The predicted molar refractivity (Wildman–Crippen MR) is 84.0 cm³/mol. The summed E-state index contributed by atoms with van der Waals surface area (Å²) in [5.74, 6) is 8.31. The lowest BCUT2D eigenvalue weighted by molar-refractivity contribution is -0.386. The van der Waals surface area contributed by atoms with Crippen LogP contribution in [0.4, 0.5) is 5.69 Å². The molecule has 0 saturated heterocycles. The summed E-state index contributed by atoms with van der Waals surface area (Å²) in [5, 5.41) is 26.3. The van der Waals surface area contributed by atoms with Gasteiger partial charge in [-0.3, -0.25) is 10.1 Å². The molecular weight excluding hydrogens is 284 g/mol. The molecule has 1 aromatic rings. The Bertz CT molecular complexity index is 648. The summed E-state index contributed by atoms with van der Waals surface area (Å²) in [4.78, 5) is 10.3. The second-order valence-electron chi connectivity index (χ2n) is 4.75. The van der Waals surface area contributed by atoms with Crippen LogP contribution < -0.4 is 6.15 Å². The minimum absolute atomic E-state index is 0. The Morgan fingerprint density at radius 1 is 1.00 bits per heavy atom. The van der Waals surface area contributed by atoms with Gasteiger partial charge in [0.2, 0.25) is 0 Å². The Hall–Kier alpha value is -3.14. The highest BCUT2D eigenvalue weighted by Gasteiger charge is 2.23. The molecule has 5 N–H and O–H groups in total. The molecule has 0 bridgehead atoms. The van der Waals surface area contributed by atoms with E-state index < -0.39 is 0 Å². The maximum atomic E-state index is 10.7. The van der Waals surface area contributed by atoms with Crippen molar-refractivity contribution in [3.63, 3.8) is 0 Å². The zero-order chi connectivity index (χ0) is 16.3. The van der Waals surface area contributed by atoms with Crippen LogP contribution in [-0.4, -0.2) is 15.1 Å². The molecule has 0 aliphatic rings. The molecule has 0 radical (unpaired) electrons. The Morgan fingerprint density at radius 3 is 1.77 bits per heavy atom. The van der Waals surface area contributed by atoms with Crippen molar-refractivity contribution in [2.45, 2.75) is 26.2 Å². The molecule has 116 valence electrons. The fraction of sp³-hybridized carbons (Fsp3) is 0.250. The lowest BCUT2D eigenvalue weighted by atomic mass is 9.86. The van der Waals surface area contributed by atoms with E-state index in [9.17, 15) is 10.1 Å². The highest BCUT2D eigenvalue weighted by atomic mass is 16.6. The molecular formula is C16H18N2O4. The lowest BCUT2D eigenvalue weighted by Gasteiger charge is -2.18. The van der Waals surface area contributed by atoms with Gasteiger partial charge in [-0.25, -0.2) is 0 Å². The maximum absolute atomic E-state index is 10.7. The molecule has 0 unspecified atom stereocenters. The monoisotopic (exact) mass is 302 g/mol. The minimum Gasteiger partial charge on any atom is -0.461 e. The number of nitro benzene ring substituents is 1. The van der Waals surface area contributed by atoms with Gasteiger partial charge >= 0.3 is 0 Å². The fourth-order valence-corrected chi connectivity index (χ4v) is 1.39. The van der Waals surface area contributed by atoms with E-state index >= 15 is 0 Å². The van der Waals surface area contributed by atoms with Crippen molar-refractivity contribution < 1.29 is 15.1 Å². The first-order chi connectivity index (χ1) is 9.84. The number of benzene rings is 1. The second-order valence-corrected chi connectivity index (χ2v) is 4.75. The smallest absolute Gasteiger partial charge is 0.273 e. The molecule has 22 heavy (non-hydrogen) atoms. The first kappa shape index (κ1) is 21.2. The van der Waals surface area contributed by atoms with E-state index in [1.165, 1.54) is 0 Å². The van der Waals surface area contributed by atoms with Gasteiger partial charge in [0.1, 0.15) is 12.2 Å². The molecule has 0 saturated carbocycles. The number of nitro groups is 1. The average Bonchev–Trinajstić information content (AvgIpc) is 2.43.